The van der Waals surface area contributed by atoms with Gasteiger partial charge in [0, 0.05) is 9.90 Å². The predicted octanol–water partition coefficient (Wildman–Crippen LogP) is 5.41. The summed E-state index contributed by atoms with van der Waals surface area (Å²) in [4.78, 5) is 11.5. The third-order valence-electron chi connectivity index (χ3n) is 4.11. The monoisotopic (exact) mass is 347 g/mol. The Morgan fingerprint density at radius 2 is 2.04 bits per heavy atom. The molecule has 0 amide bonds. The van der Waals surface area contributed by atoms with Gasteiger partial charge in [-0.1, -0.05) is 11.6 Å². The van der Waals surface area contributed by atoms with Gasteiger partial charge in [-0.25, -0.2) is 14.4 Å². The summed E-state index contributed by atoms with van der Waals surface area (Å²) in [6.07, 6.45) is 4.53. The second-order valence-electron chi connectivity index (χ2n) is 5.76. The van der Waals surface area contributed by atoms with Gasteiger partial charge in [0.05, 0.1) is 11.1 Å². The highest BCUT2D eigenvalue weighted by atomic mass is 35.5. The summed E-state index contributed by atoms with van der Waals surface area (Å²) >= 11 is 7.72. The van der Waals surface area contributed by atoms with Crippen molar-refractivity contribution in [2.75, 3.05) is 5.32 Å². The maximum absolute atomic E-state index is 14.1. The van der Waals surface area contributed by atoms with Crippen LogP contribution in [0.2, 0.25) is 5.02 Å². The number of aryl methyl sites for hydroxylation is 3. The molecule has 2 aromatic heterocycles. The van der Waals surface area contributed by atoms with Gasteiger partial charge in [-0.2, -0.15) is 0 Å². The van der Waals surface area contributed by atoms with Crippen molar-refractivity contribution >= 4 is 44.7 Å². The van der Waals surface area contributed by atoms with Crippen LogP contribution < -0.4 is 5.32 Å². The van der Waals surface area contributed by atoms with Gasteiger partial charge in [-0.05, 0) is 56.4 Å². The molecule has 3 nitrogen and oxygen atoms in total. The van der Waals surface area contributed by atoms with E-state index < -0.39 is 0 Å². The largest absolute Gasteiger partial charge is 0.337 e. The van der Waals surface area contributed by atoms with Crippen molar-refractivity contribution < 1.29 is 4.39 Å². The second kappa shape index (κ2) is 5.73. The van der Waals surface area contributed by atoms with Crippen LogP contribution in [-0.4, -0.2) is 9.97 Å². The van der Waals surface area contributed by atoms with Crippen molar-refractivity contribution in [3.63, 3.8) is 0 Å². The number of nitrogens with zero attached hydrogens (tertiary/aromatic N) is 2. The minimum Gasteiger partial charge on any atom is -0.337 e. The van der Waals surface area contributed by atoms with Gasteiger partial charge >= 0.3 is 0 Å². The molecule has 0 saturated carbocycles. The van der Waals surface area contributed by atoms with Crippen molar-refractivity contribution in [3.05, 3.63) is 45.3 Å². The first kappa shape index (κ1) is 14.8. The number of anilines is 2. The molecule has 0 radical (unpaired) electrons. The number of thiophene rings is 1. The molecule has 0 bridgehead atoms. The fourth-order valence-electron chi connectivity index (χ4n) is 3.08. The molecule has 4 rings (SSSR count). The lowest BCUT2D eigenvalue weighted by Gasteiger charge is -2.13. The lowest BCUT2D eigenvalue weighted by atomic mass is 9.97. The number of nitrogens with one attached hydrogen (secondary N) is 1. The molecule has 23 heavy (non-hydrogen) atoms. The van der Waals surface area contributed by atoms with Crippen molar-refractivity contribution in [1.29, 1.82) is 0 Å². The van der Waals surface area contributed by atoms with Gasteiger partial charge in [0.1, 0.15) is 22.3 Å². The molecule has 0 aliphatic heterocycles. The van der Waals surface area contributed by atoms with E-state index in [9.17, 15) is 4.39 Å². The van der Waals surface area contributed by atoms with Crippen LogP contribution in [0.15, 0.2) is 18.2 Å². The number of rotatable bonds is 2. The molecular formula is C17H15ClFN3S. The topological polar surface area (TPSA) is 37.8 Å². The van der Waals surface area contributed by atoms with E-state index in [4.69, 9.17) is 11.6 Å². The maximum Gasteiger partial charge on any atom is 0.146 e. The Morgan fingerprint density at radius 3 is 2.91 bits per heavy atom. The highest BCUT2D eigenvalue weighted by molar-refractivity contribution is 7.19. The van der Waals surface area contributed by atoms with Gasteiger partial charge in [-0.3, -0.25) is 0 Å². The normalized spacial score (nSPS) is 14.0. The summed E-state index contributed by atoms with van der Waals surface area (Å²) in [5, 5.41) is 4.66. The third kappa shape index (κ3) is 2.68. The van der Waals surface area contributed by atoms with Crippen molar-refractivity contribution in [3.8, 4) is 0 Å². The van der Waals surface area contributed by atoms with Crippen LogP contribution in [0, 0.1) is 12.7 Å². The zero-order chi connectivity index (χ0) is 16.0. The van der Waals surface area contributed by atoms with Gasteiger partial charge in [0.2, 0.25) is 0 Å². The molecule has 1 aromatic carbocycles. The Morgan fingerprint density at radius 1 is 1.22 bits per heavy atom. The number of fused-ring (bicyclic) bond motifs is 3. The van der Waals surface area contributed by atoms with Gasteiger partial charge < -0.3 is 5.32 Å². The van der Waals surface area contributed by atoms with Crippen LogP contribution in [0.4, 0.5) is 15.9 Å². The first-order valence-corrected chi connectivity index (χ1v) is 8.82. The Balaban J connectivity index is 1.88. The molecule has 118 valence electrons. The molecule has 1 aliphatic rings. The molecule has 1 aliphatic carbocycles. The number of hydrogen-bond donors (Lipinski definition) is 1. The van der Waals surface area contributed by atoms with Crippen LogP contribution in [0.25, 0.3) is 10.2 Å². The summed E-state index contributed by atoms with van der Waals surface area (Å²) in [5.74, 6) is 1.01. The average molecular weight is 348 g/mol. The number of aromatic nitrogens is 2. The van der Waals surface area contributed by atoms with E-state index >= 15 is 0 Å². The number of halogens is 2. The molecule has 6 heteroatoms. The predicted molar refractivity (Wildman–Crippen MR) is 93.5 cm³/mol. The van der Waals surface area contributed by atoms with E-state index in [1.54, 1.807) is 17.4 Å². The molecule has 0 saturated heterocycles. The van der Waals surface area contributed by atoms with E-state index in [0.29, 0.717) is 22.4 Å². The minimum atomic E-state index is -0.345. The Labute approximate surface area is 142 Å². The lowest BCUT2D eigenvalue weighted by molar-refractivity contribution is 0.632. The van der Waals surface area contributed by atoms with Gasteiger partial charge in [-0.15, -0.1) is 11.3 Å². The zero-order valence-corrected chi connectivity index (χ0v) is 14.2. The average Bonchev–Trinajstić information content (AvgIpc) is 2.89. The second-order valence-corrected chi connectivity index (χ2v) is 7.28. The fourth-order valence-corrected chi connectivity index (χ4v) is 4.55. The van der Waals surface area contributed by atoms with E-state index in [2.05, 4.69) is 15.3 Å². The number of hydrogen-bond acceptors (Lipinski definition) is 4. The highest BCUT2D eigenvalue weighted by Crippen LogP contribution is 2.39. The summed E-state index contributed by atoms with van der Waals surface area (Å²) in [6.45, 7) is 1.86. The molecule has 3 aromatic rings. The summed E-state index contributed by atoms with van der Waals surface area (Å²) < 4.78 is 14.1. The molecule has 0 unspecified atom stereocenters. The molecule has 0 spiro atoms. The van der Waals surface area contributed by atoms with Gasteiger partial charge in [0.15, 0.2) is 0 Å². The smallest absolute Gasteiger partial charge is 0.146 e. The minimum absolute atomic E-state index is 0.340. The molecular weight excluding hydrogens is 333 g/mol. The maximum atomic E-state index is 14.1. The molecule has 0 atom stereocenters. The van der Waals surface area contributed by atoms with Crippen molar-refractivity contribution in [2.45, 2.75) is 32.6 Å². The summed E-state index contributed by atoms with van der Waals surface area (Å²) in [6, 6.07) is 4.48. The standard InChI is InChI=1S/C17H15ClFN3S/c1-9-20-16(22-13-8-10(18)6-7-12(13)19)15-11-4-2-3-5-14(11)23-17(15)21-9/h6-8H,2-5H2,1H3,(H,20,21,22). The van der Waals surface area contributed by atoms with E-state index in [1.165, 1.54) is 35.4 Å². The van der Waals surface area contributed by atoms with Crippen molar-refractivity contribution in [1.82, 2.24) is 9.97 Å². The van der Waals surface area contributed by atoms with Crippen LogP contribution in [0.5, 0.6) is 0 Å². The Bertz CT molecular complexity index is 906. The Hall–Kier alpha value is -1.72. The quantitative estimate of drug-likeness (QED) is 0.673. The van der Waals surface area contributed by atoms with Crippen LogP contribution >= 0.6 is 22.9 Å². The molecule has 2 heterocycles. The highest BCUT2D eigenvalue weighted by Gasteiger charge is 2.21. The van der Waals surface area contributed by atoms with Crippen LogP contribution in [0.3, 0.4) is 0 Å². The zero-order valence-electron chi connectivity index (χ0n) is 12.6. The molecule has 0 fully saturated rings. The van der Waals surface area contributed by atoms with Crippen LogP contribution in [0.1, 0.15) is 29.1 Å². The summed E-state index contributed by atoms with van der Waals surface area (Å²) in [7, 11) is 0. The van der Waals surface area contributed by atoms with Gasteiger partial charge in [0.25, 0.3) is 0 Å². The first-order valence-electron chi connectivity index (χ1n) is 7.63. The van der Waals surface area contributed by atoms with E-state index in [1.807, 2.05) is 6.92 Å². The fraction of sp³-hybridized carbons (Fsp3) is 0.294. The lowest BCUT2D eigenvalue weighted by Crippen LogP contribution is -2.03. The van der Waals surface area contributed by atoms with E-state index in [0.717, 1.165) is 23.1 Å². The molecule has 1 N–H and O–H groups in total. The van der Waals surface area contributed by atoms with Crippen LogP contribution in [-0.2, 0) is 12.8 Å². The first-order chi connectivity index (χ1) is 11.1. The Kier molecular flexibility index (Phi) is 3.70. The summed E-state index contributed by atoms with van der Waals surface area (Å²) in [5.41, 5.74) is 1.66. The van der Waals surface area contributed by atoms with E-state index in [-0.39, 0.29) is 5.82 Å². The number of benzene rings is 1. The van der Waals surface area contributed by atoms with Crippen molar-refractivity contribution in [2.24, 2.45) is 0 Å². The third-order valence-corrected chi connectivity index (χ3v) is 5.53. The SMILES string of the molecule is Cc1nc(Nc2cc(Cl)ccc2F)c2c3c(sc2n1)CCCC3.